The monoisotopic (exact) mass is 347 g/mol. The highest BCUT2D eigenvalue weighted by atomic mass is 15.1. The number of hydrogen-bond donors (Lipinski definition) is 0. The molecule has 27 heavy (non-hydrogen) atoms. The van der Waals surface area contributed by atoms with Gasteiger partial charge in [0.2, 0.25) is 0 Å². The van der Waals surface area contributed by atoms with E-state index in [9.17, 15) is 0 Å². The van der Waals surface area contributed by atoms with Gasteiger partial charge in [-0.15, -0.1) is 0 Å². The summed E-state index contributed by atoms with van der Waals surface area (Å²) in [4.78, 5) is 2.12. The van der Waals surface area contributed by atoms with E-state index in [4.69, 9.17) is 0 Å². The van der Waals surface area contributed by atoms with Crippen molar-refractivity contribution in [3.05, 3.63) is 95.6 Å². The van der Waals surface area contributed by atoms with Crippen molar-refractivity contribution in [3.8, 4) is 0 Å². The van der Waals surface area contributed by atoms with Crippen molar-refractivity contribution in [2.45, 2.75) is 0 Å². The van der Waals surface area contributed by atoms with E-state index in [0.29, 0.717) is 0 Å². The fourth-order valence-corrected chi connectivity index (χ4v) is 3.98. The highest BCUT2D eigenvalue weighted by molar-refractivity contribution is 6.13. The standard InChI is InChI=1S/C26H21N/c1-27(2)21-11-7-18(8-12-21)17-20-10-14-24-23(20)15-16-25-22-6-4-3-5-19(22)9-13-26(24)25/h3-17H,1-2H3/b20-17+. The average Bonchev–Trinajstić information content (AvgIpc) is 3.11. The number of allylic oxidation sites excluding steroid dienone is 2. The first-order chi connectivity index (χ1) is 13.2. The molecular formula is C26H21N. The second-order valence-electron chi connectivity index (χ2n) is 7.33. The number of fused-ring (bicyclic) bond motifs is 5. The molecule has 130 valence electrons. The lowest BCUT2D eigenvalue weighted by molar-refractivity contribution is 1.13. The third-order valence-electron chi connectivity index (χ3n) is 5.44. The van der Waals surface area contributed by atoms with E-state index < -0.39 is 0 Å². The Kier molecular flexibility index (Phi) is 3.61. The molecule has 0 bridgehead atoms. The van der Waals surface area contributed by atoms with Gasteiger partial charge in [0.25, 0.3) is 0 Å². The van der Waals surface area contributed by atoms with Crippen LogP contribution < -0.4 is 4.90 Å². The first-order valence-corrected chi connectivity index (χ1v) is 9.33. The van der Waals surface area contributed by atoms with Crippen molar-refractivity contribution in [3.63, 3.8) is 0 Å². The fourth-order valence-electron chi connectivity index (χ4n) is 3.98. The lowest BCUT2D eigenvalue weighted by Gasteiger charge is -2.12. The quantitative estimate of drug-likeness (QED) is 0.368. The average molecular weight is 347 g/mol. The van der Waals surface area contributed by atoms with Crippen LogP contribution in [0, 0.1) is 0 Å². The van der Waals surface area contributed by atoms with Gasteiger partial charge in [-0.25, -0.2) is 0 Å². The van der Waals surface area contributed by atoms with Crippen molar-refractivity contribution in [1.29, 1.82) is 0 Å². The summed E-state index contributed by atoms with van der Waals surface area (Å²) in [6.07, 6.45) is 6.76. The molecule has 0 heterocycles. The Morgan fingerprint density at radius 3 is 2.26 bits per heavy atom. The summed E-state index contributed by atoms with van der Waals surface area (Å²) >= 11 is 0. The Morgan fingerprint density at radius 2 is 1.44 bits per heavy atom. The number of benzene rings is 4. The molecule has 1 aliphatic rings. The predicted molar refractivity (Wildman–Crippen MR) is 119 cm³/mol. The Morgan fingerprint density at radius 1 is 0.667 bits per heavy atom. The van der Waals surface area contributed by atoms with Gasteiger partial charge in [0, 0.05) is 19.8 Å². The van der Waals surface area contributed by atoms with E-state index in [-0.39, 0.29) is 0 Å². The van der Waals surface area contributed by atoms with Gasteiger partial charge in [0.1, 0.15) is 0 Å². The number of rotatable bonds is 2. The zero-order valence-electron chi connectivity index (χ0n) is 15.6. The van der Waals surface area contributed by atoms with Gasteiger partial charge < -0.3 is 4.90 Å². The van der Waals surface area contributed by atoms with Crippen LogP contribution in [0.3, 0.4) is 0 Å². The van der Waals surface area contributed by atoms with Crippen LogP contribution in [0.2, 0.25) is 0 Å². The van der Waals surface area contributed by atoms with Crippen molar-refractivity contribution < 1.29 is 0 Å². The second kappa shape index (κ2) is 6.14. The largest absolute Gasteiger partial charge is 0.378 e. The van der Waals surface area contributed by atoms with E-state index in [2.05, 4.69) is 110 Å². The molecule has 1 aliphatic carbocycles. The van der Waals surface area contributed by atoms with Crippen LogP contribution in [0.5, 0.6) is 0 Å². The predicted octanol–water partition coefficient (Wildman–Crippen LogP) is 6.63. The maximum atomic E-state index is 2.27. The van der Waals surface area contributed by atoms with Crippen molar-refractivity contribution in [2.24, 2.45) is 0 Å². The summed E-state index contributed by atoms with van der Waals surface area (Å²) in [5, 5.41) is 5.27. The Balaban J connectivity index is 1.62. The summed E-state index contributed by atoms with van der Waals surface area (Å²) in [7, 11) is 4.14. The van der Waals surface area contributed by atoms with Crippen molar-refractivity contribution in [2.75, 3.05) is 19.0 Å². The van der Waals surface area contributed by atoms with Crippen LogP contribution in [0.15, 0.2) is 78.9 Å². The van der Waals surface area contributed by atoms with Crippen LogP contribution in [0.25, 0.3) is 39.3 Å². The molecule has 0 saturated carbocycles. The molecule has 0 amide bonds. The molecule has 4 aromatic carbocycles. The molecular weight excluding hydrogens is 326 g/mol. The smallest absolute Gasteiger partial charge is 0.0361 e. The van der Waals surface area contributed by atoms with Crippen LogP contribution in [-0.2, 0) is 0 Å². The lowest BCUT2D eigenvalue weighted by Crippen LogP contribution is -2.07. The summed E-state index contributed by atoms with van der Waals surface area (Å²) in [5.74, 6) is 0. The van der Waals surface area contributed by atoms with E-state index >= 15 is 0 Å². The Bertz CT molecular complexity index is 1220. The molecule has 0 atom stereocenters. The van der Waals surface area contributed by atoms with E-state index in [1.807, 2.05) is 0 Å². The molecule has 0 aliphatic heterocycles. The van der Waals surface area contributed by atoms with Gasteiger partial charge >= 0.3 is 0 Å². The van der Waals surface area contributed by atoms with Crippen molar-refractivity contribution in [1.82, 2.24) is 0 Å². The Labute approximate surface area is 159 Å². The minimum Gasteiger partial charge on any atom is -0.378 e. The first kappa shape index (κ1) is 15.9. The molecule has 0 unspecified atom stereocenters. The summed E-state index contributed by atoms with van der Waals surface area (Å²) < 4.78 is 0. The molecule has 5 rings (SSSR count). The third-order valence-corrected chi connectivity index (χ3v) is 5.44. The Hall–Kier alpha value is -3.32. The van der Waals surface area contributed by atoms with Gasteiger partial charge in [0.05, 0.1) is 0 Å². The number of anilines is 1. The number of hydrogen-bond acceptors (Lipinski definition) is 1. The van der Waals surface area contributed by atoms with Gasteiger partial charge in [-0.05, 0) is 62.0 Å². The van der Waals surface area contributed by atoms with E-state index in [1.165, 1.54) is 49.5 Å². The summed E-state index contributed by atoms with van der Waals surface area (Å²) in [5.41, 5.74) is 6.37. The zero-order chi connectivity index (χ0) is 18.4. The van der Waals surface area contributed by atoms with Gasteiger partial charge in [-0.2, -0.15) is 0 Å². The molecule has 0 N–H and O–H groups in total. The normalized spacial score (nSPS) is 14.2. The summed E-state index contributed by atoms with van der Waals surface area (Å²) in [6.45, 7) is 0. The van der Waals surface area contributed by atoms with Crippen LogP contribution in [-0.4, -0.2) is 14.1 Å². The highest BCUT2D eigenvalue weighted by Crippen LogP contribution is 2.38. The van der Waals surface area contributed by atoms with Crippen LogP contribution in [0.1, 0.15) is 16.7 Å². The van der Waals surface area contributed by atoms with E-state index in [1.54, 1.807) is 0 Å². The molecule has 0 spiro atoms. The lowest BCUT2D eigenvalue weighted by atomic mass is 9.95. The third kappa shape index (κ3) is 2.63. The topological polar surface area (TPSA) is 3.24 Å². The highest BCUT2D eigenvalue weighted by Gasteiger charge is 2.14. The maximum Gasteiger partial charge on any atom is 0.0361 e. The van der Waals surface area contributed by atoms with Gasteiger partial charge in [0.15, 0.2) is 0 Å². The molecule has 0 saturated heterocycles. The van der Waals surface area contributed by atoms with Crippen LogP contribution >= 0.6 is 0 Å². The molecule has 0 radical (unpaired) electrons. The SMILES string of the molecule is CN(C)c1ccc(/C=C2\C=Cc3c2ccc2c3ccc3ccccc32)cc1. The van der Waals surface area contributed by atoms with E-state index in [0.717, 1.165) is 0 Å². The molecule has 0 aromatic heterocycles. The minimum absolute atomic E-state index is 1.22. The number of nitrogens with zero attached hydrogens (tertiary/aromatic N) is 1. The van der Waals surface area contributed by atoms with Gasteiger partial charge in [-0.3, -0.25) is 0 Å². The molecule has 0 fully saturated rings. The fraction of sp³-hybridized carbons (Fsp3) is 0.0769. The molecule has 4 aromatic rings. The molecule has 1 heteroatoms. The maximum absolute atomic E-state index is 2.27. The second-order valence-corrected chi connectivity index (χ2v) is 7.33. The molecule has 1 nitrogen and oxygen atoms in total. The minimum atomic E-state index is 1.22. The zero-order valence-corrected chi connectivity index (χ0v) is 15.6. The van der Waals surface area contributed by atoms with Gasteiger partial charge in [-0.1, -0.05) is 72.8 Å². The first-order valence-electron chi connectivity index (χ1n) is 9.33. The van der Waals surface area contributed by atoms with Crippen LogP contribution in [0.4, 0.5) is 5.69 Å². The van der Waals surface area contributed by atoms with Crippen molar-refractivity contribution >= 4 is 45.0 Å². The summed E-state index contributed by atoms with van der Waals surface area (Å²) in [6, 6.07) is 26.3.